The topological polar surface area (TPSA) is 38.5 Å². The first kappa shape index (κ1) is 14.9. The van der Waals surface area contributed by atoms with Crippen LogP contribution in [0.3, 0.4) is 0 Å². The van der Waals surface area contributed by atoms with Crippen LogP contribution in [0.1, 0.15) is 11.6 Å². The maximum atomic E-state index is 5.97. The molecule has 2 N–H and O–H groups in total. The molecule has 2 rings (SSSR count). The summed E-state index contributed by atoms with van der Waals surface area (Å²) < 4.78 is 6.35. The van der Waals surface area contributed by atoms with Crippen molar-refractivity contribution in [3.05, 3.63) is 58.6 Å². The van der Waals surface area contributed by atoms with Gasteiger partial charge in [-0.2, -0.15) is 0 Å². The van der Waals surface area contributed by atoms with E-state index in [2.05, 4.69) is 39.0 Å². The average Bonchev–Trinajstić information content (AvgIpc) is 2.50. The summed E-state index contributed by atoms with van der Waals surface area (Å²) in [7, 11) is 3.72. The Morgan fingerprint density at radius 3 is 2.50 bits per heavy atom. The Kier molecular flexibility index (Phi) is 5.04. The molecular weight excluding hydrogens is 316 g/mol. The molecule has 0 heterocycles. The zero-order chi connectivity index (χ0) is 14.5. The van der Waals surface area contributed by atoms with Crippen molar-refractivity contribution in [1.29, 1.82) is 0 Å². The highest BCUT2D eigenvalue weighted by molar-refractivity contribution is 9.10. The number of benzene rings is 2. The molecule has 106 valence electrons. The number of halogens is 1. The number of hydrogen-bond donors (Lipinski definition) is 1. The van der Waals surface area contributed by atoms with Gasteiger partial charge in [0.15, 0.2) is 0 Å². The number of methoxy groups -OCH3 is 1. The molecule has 0 aliphatic heterocycles. The second-order valence-electron chi connectivity index (χ2n) is 4.62. The molecule has 0 saturated heterocycles. The van der Waals surface area contributed by atoms with Gasteiger partial charge in [0, 0.05) is 29.8 Å². The van der Waals surface area contributed by atoms with Gasteiger partial charge in [0.05, 0.1) is 13.2 Å². The predicted octanol–water partition coefficient (Wildman–Crippen LogP) is 3.59. The number of likely N-dealkylation sites (N-methyl/N-ethyl adjacent to an activating group) is 1. The third kappa shape index (κ3) is 3.32. The predicted molar refractivity (Wildman–Crippen MR) is 87.3 cm³/mol. The first-order valence-electron chi connectivity index (χ1n) is 6.48. The SMILES string of the molecule is COc1cccc(N(C)C(CN)c2ccc(Br)cc2)c1. The minimum absolute atomic E-state index is 0.134. The molecule has 20 heavy (non-hydrogen) atoms. The highest BCUT2D eigenvalue weighted by Crippen LogP contribution is 2.28. The summed E-state index contributed by atoms with van der Waals surface area (Å²) in [6.45, 7) is 0.551. The Morgan fingerprint density at radius 1 is 1.20 bits per heavy atom. The smallest absolute Gasteiger partial charge is 0.120 e. The average molecular weight is 335 g/mol. The lowest BCUT2D eigenvalue weighted by atomic mass is 10.1. The summed E-state index contributed by atoms with van der Waals surface area (Å²) >= 11 is 3.46. The van der Waals surface area contributed by atoms with E-state index in [-0.39, 0.29) is 6.04 Å². The first-order valence-corrected chi connectivity index (χ1v) is 7.27. The highest BCUT2D eigenvalue weighted by atomic mass is 79.9. The van der Waals surface area contributed by atoms with Crippen molar-refractivity contribution in [2.45, 2.75) is 6.04 Å². The molecule has 0 spiro atoms. The van der Waals surface area contributed by atoms with Gasteiger partial charge in [-0.1, -0.05) is 34.1 Å². The third-order valence-electron chi connectivity index (χ3n) is 3.41. The van der Waals surface area contributed by atoms with Crippen LogP contribution in [0.15, 0.2) is 53.0 Å². The fourth-order valence-electron chi connectivity index (χ4n) is 2.21. The number of rotatable bonds is 5. The lowest BCUT2D eigenvalue weighted by Crippen LogP contribution is -2.30. The Hall–Kier alpha value is -1.52. The standard InChI is InChI=1S/C16H19BrN2O/c1-19(14-4-3-5-15(10-14)20-2)16(11-18)12-6-8-13(17)9-7-12/h3-10,16H,11,18H2,1-2H3. The molecule has 0 saturated carbocycles. The summed E-state index contributed by atoms with van der Waals surface area (Å²) in [6, 6.07) is 16.4. The van der Waals surface area contributed by atoms with Crippen LogP contribution in [-0.4, -0.2) is 20.7 Å². The van der Waals surface area contributed by atoms with E-state index >= 15 is 0 Å². The van der Waals surface area contributed by atoms with Crippen LogP contribution >= 0.6 is 15.9 Å². The van der Waals surface area contributed by atoms with Crippen LogP contribution in [0, 0.1) is 0 Å². The minimum Gasteiger partial charge on any atom is -0.497 e. The molecule has 3 nitrogen and oxygen atoms in total. The Labute approximate surface area is 128 Å². The van der Waals surface area contributed by atoms with E-state index in [1.807, 2.05) is 37.4 Å². The third-order valence-corrected chi connectivity index (χ3v) is 3.93. The fourth-order valence-corrected chi connectivity index (χ4v) is 2.48. The molecule has 1 atom stereocenters. The van der Waals surface area contributed by atoms with Crippen molar-refractivity contribution in [2.75, 3.05) is 25.6 Å². The zero-order valence-electron chi connectivity index (χ0n) is 11.7. The maximum Gasteiger partial charge on any atom is 0.120 e. The van der Waals surface area contributed by atoms with Crippen LogP contribution in [0.2, 0.25) is 0 Å². The summed E-state index contributed by atoms with van der Waals surface area (Å²) in [5.74, 6) is 0.848. The summed E-state index contributed by atoms with van der Waals surface area (Å²) in [5, 5.41) is 0. The lowest BCUT2D eigenvalue weighted by Gasteiger charge is -2.29. The van der Waals surface area contributed by atoms with Crippen molar-refractivity contribution in [1.82, 2.24) is 0 Å². The quantitative estimate of drug-likeness (QED) is 0.907. The fraction of sp³-hybridized carbons (Fsp3) is 0.250. The second kappa shape index (κ2) is 6.77. The van der Waals surface area contributed by atoms with Gasteiger partial charge in [0.1, 0.15) is 5.75 Å². The van der Waals surface area contributed by atoms with Crippen LogP contribution in [0.5, 0.6) is 5.75 Å². The number of nitrogens with zero attached hydrogens (tertiary/aromatic N) is 1. The molecule has 2 aromatic rings. The molecule has 0 radical (unpaired) electrons. The highest BCUT2D eigenvalue weighted by Gasteiger charge is 2.16. The molecule has 0 fully saturated rings. The van der Waals surface area contributed by atoms with Crippen LogP contribution in [0.4, 0.5) is 5.69 Å². The largest absolute Gasteiger partial charge is 0.497 e. The lowest BCUT2D eigenvalue weighted by molar-refractivity contribution is 0.414. The van der Waals surface area contributed by atoms with Crippen LogP contribution < -0.4 is 15.4 Å². The summed E-state index contributed by atoms with van der Waals surface area (Å²) in [6.07, 6.45) is 0. The molecule has 0 amide bonds. The van der Waals surface area contributed by atoms with Gasteiger partial charge >= 0.3 is 0 Å². The maximum absolute atomic E-state index is 5.97. The minimum atomic E-state index is 0.134. The van der Waals surface area contributed by atoms with E-state index in [1.54, 1.807) is 7.11 Å². The van der Waals surface area contributed by atoms with Gasteiger partial charge < -0.3 is 15.4 Å². The molecule has 2 aromatic carbocycles. The molecule has 4 heteroatoms. The van der Waals surface area contributed by atoms with Crippen molar-refractivity contribution >= 4 is 21.6 Å². The van der Waals surface area contributed by atoms with Crippen LogP contribution in [-0.2, 0) is 0 Å². The zero-order valence-corrected chi connectivity index (χ0v) is 13.3. The molecule has 0 aliphatic rings. The summed E-state index contributed by atoms with van der Waals surface area (Å²) in [5.41, 5.74) is 8.25. The van der Waals surface area contributed by atoms with Gasteiger partial charge in [-0.05, 0) is 29.8 Å². The summed E-state index contributed by atoms with van der Waals surface area (Å²) in [4.78, 5) is 2.17. The van der Waals surface area contributed by atoms with Gasteiger partial charge in [-0.15, -0.1) is 0 Å². The Bertz CT molecular complexity index is 557. The number of ether oxygens (including phenoxy) is 1. The molecule has 0 aliphatic carbocycles. The van der Waals surface area contributed by atoms with E-state index in [0.29, 0.717) is 6.54 Å². The van der Waals surface area contributed by atoms with Gasteiger partial charge in [0.2, 0.25) is 0 Å². The number of nitrogens with two attached hydrogens (primary N) is 1. The van der Waals surface area contributed by atoms with Crippen molar-refractivity contribution in [3.8, 4) is 5.75 Å². The monoisotopic (exact) mass is 334 g/mol. The first-order chi connectivity index (χ1) is 9.65. The second-order valence-corrected chi connectivity index (χ2v) is 5.53. The van der Waals surface area contributed by atoms with E-state index in [1.165, 1.54) is 5.56 Å². The molecular formula is C16H19BrN2O. The Balaban J connectivity index is 2.28. The van der Waals surface area contributed by atoms with Gasteiger partial charge in [-0.3, -0.25) is 0 Å². The van der Waals surface area contributed by atoms with Gasteiger partial charge in [-0.25, -0.2) is 0 Å². The van der Waals surface area contributed by atoms with E-state index < -0.39 is 0 Å². The molecule has 0 aromatic heterocycles. The number of anilines is 1. The van der Waals surface area contributed by atoms with Crippen molar-refractivity contribution < 1.29 is 4.74 Å². The number of hydrogen-bond acceptors (Lipinski definition) is 3. The normalized spacial score (nSPS) is 12.0. The molecule has 1 unspecified atom stereocenters. The van der Waals surface area contributed by atoms with E-state index in [9.17, 15) is 0 Å². The van der Waals surface area contributed by atoms with E-state index in [0.717, 1.165) is 15.9 Å². The van der Waals surface area contributed by atoms with E-state index in [4.69, 9.17) is 10.5 Å². The Morgan fingerprint density at radius 2 is 1.90 bits per heavy atom. The van der Waals surface area contributed by atoms with Crippen molar-refractivity contribution in [2.24, 2.45) is 5.73 Å². The van der Waals surface area contributed by atoms with Crippen LogP contribution in [0.25, 0.3) is 0 Å². The van der Waals surface area contributed by atoms with Crippen molar-refractivity contribution in [3.63, 3.8) is 0 Å². The van der Waals surface area contributed by atoms with Gasteiger partial charge in [0.25, 0.3) is 0 Å². The molecule has 0 bridgehead atoms.